The van der Waals surface area contributed by atoms with E-state index in [4.69, 9.17) is 4.74 Å². The number of aryl methyl sites for hydroxylation is 1. The van der Waals surface area contributed by atoms with Gasteiger partial charge in [0.25, 0.3) is 0 Å². The highest BCUT2D eigenvalue weighted by atomic mass is 32.1. The summed E-state index contributed by atoms with van der Waals surface area (Å²) in [5, 5.41) is 8.68. The highest BCUT2D eigenvalue weighted by Gasteiger charge is 2.14. The molecule has 0 fully saturated rings. The first kappa shape index (κ1) is 13.3. The van der Waals surface area contributed by atoms with Gasteiger partial charge in [-0.25, -0.2) is 0 Å². The van der Waals surface area contributed by atoms with Crippen LogP contribution >= 0.6 is 11.3 Å². The molecule has 0 unspecified atom stereocenters. The molecule has 0 atom stereocenters. The third-order valence-corrected chi connectivity index (χ3v) is 4.62. The van der Waals surface area contributed by atoms with Crippen molar-refractivity contribution in [2.45, 2.75) is 13.8 Å². The molecule has 0 aliphatic rings. The Hall–Kier alpha value is -2.40. The average molecular weight is 309 g/mol. The fraction of sp³-hybridized carbons (Fsp3) is 0.176. The highest BCUT2D eigenvalue weighted by Crippen LogP contribution is 2.32. The molecule has 0 spiro atoms. The SMILES string of the molecule is CCOc1ccc2c(c1)sc1nnc(-c3ccc(C)cc3)n12. The van der Waals surface area contributed by atoms with Crippen LogP contribution in [0.15, 0.2) is 42.5 Å². The Morgan fingerprint density at radius 1 is 1.09 bits per heavy atom. The number of rotatable bonds is 3. The number of thiazole rings is 1. The van der Waals surface area contributed by atoms with Gasteiger partial charge in [0.15, 0.2) is 5.82 Å². The molecule has 0 N–H and O–H groups in total. The van der Waals surface area contributed by atoms with E-state index in [-0.39, 0.29) is 0 Å². The molecule has 0 saturated heterocycles. The Morgan fingerprint density at radius 2 is 1.91 bits per heavy atom. The van der Waals surface area contributed by atoms with E-state index >= 15 is 0 Å². The van der Waals surface area contributed by atoms with E-state index in [1.807, 2.05) is 13.0 Å². The molecular weight excluding hydrogens is 294 g/mol. The molecular formula is C17H15N3OS. The van der Waals surface area contributed by atoms with E-state index < -0.39 is 0 Å². The Balaban J connectivity index is 1.93. The predicted octanol–water partition coefficient (Wildman–Crippen LogP) is 4.32. The number of fused-ring (bicyclic) bond motifs is 3. The van der Waals surface area contributed by atoms with Gasteiger partial charge in [0.2, 0.25) is 4.96 Å². The smallest absolute Gasteiger partial charge is 0.217 e. The van der Waals surface area contributed by atoms with Crippen LogP contribution in [0.5, 0.6) is 5.75 Å². The third-order valence-electron chi connectivity index (χ3n) is 3.63. The van der Waals surface area contributed by atoms with E-state index in [0.29, 0.717) is 6.61 Å². The monoisotopic (exact) mass is 309 g/mol. The van der Waals surface area contributed by atoms with E-state index in [0.717, 1.165) is 32.3 Å². The van der Waals surface area contributed by atoms with Crippen molar-refractivity contribution < 1.29 is 4.74 Å². The van der Waals surface area contributed by atoms with Crippen molar-refractivity contribution in [3.63, 3.8) is 0 Å². The van der Waals surface area contributed by atoms with Crippen molar-refractivity contribution in [2.75, 3.05) is 6.61 Å². The van der Waals surface area contributed by atoms with Gasteiger partial charge >= 0.3 is 0 Å². The summed E-state index contributed by atoms with van der Waals surface area (Å²) in [6.45, 7) is 4.74. The van der Waals surface area contributed by atoms with Gasteiger partial charge < -0.3 is 4.74 Å². The summed E-state index contributed by atoms with van der Waals surface area (Å²) in [5.74, 6) is 1.77. The molecule has 0 aliphatic heterocycles. The second-order valence-electron chi connectivity index (χ2n) is 5.17. The summed E-state index contributed by atoms with van der Waals surface area (Å²) in [6.07, 6.45) is 0. The zero-order valence-corrected chi connectivity index (χ0v) is 13.2. The van der Waals surface area contributed by atoms with E-state index in [2.05, 4.69) is 57.9 Å². The maximum absolute atomic E-state index is 5.58. The van der Waals surface area contributed by atoms with E-state index in [9.17, 15) is 0 Å². The molecule has 0 saturated carbocycles. The van der Waals surface area contributed by atoms with Gasteiger partial charge in [0.05, 0.1) is 16.8 Å². The maximum atomic E-state index is 5.58. The fourth-order valence-corrected chi connectivity index (χ4v) is 3.55. The van der Waals surface area contributed by atoms with Crippen molar-refractivity contribution in [1.29, 1.82) is 0 Å². The summed E-state index contributed by atoms with van der Waals surface area (Å²) in [4.78, 5) is 0.902. The van der Waals surface area contributed by atoms with Crippen molar-refractivity contribution >= 4 is 26.5 Å². The number of aromatic nitrogens is 3. The number of nitrogens with zero attached hydrogens (tertiary/aromatic N) is 3. The average Bonchev–Trinajstić information content (AvgIpc) is 3.07. The number of benzene rings is 2. The molecule has 110 valence electrons. The summed E-state index contributed by atoms with van der Waals surface area (Å²) >= 11 is 1.63. The van der Waals surface area contributed by atoms with Crippen molar-refractivity contribution in [1.82, 2.24) is 14.6 Å². The summed E-state index contributed by atoms with van der Waals surface area (Å²) in [6, 6.07) is 14.5. The Labute approximate surface area is 132 Å². The standard InChI is InChI=1S/C17H15N3OS/c1-3-21-13-8-9-14-15(10-13)22-17-19-18-16(20(14)17)12-6-4-11(2)5-7-12/h4-10H,3H2,1-2H3. The highest BCUT2D eigenvalue weighted by molar-refractivity contribution is 7.23. The Bertz CT molecular complexity index is 953. The van der Waals surface area contributed by atoms with Gasteiger partial charge in [0, 0.05) is 5.56 Å². The lowest BCUT2D eigenvalue weighted by Crippen LogP contribution is -1.91. The maximum Gasteiger partial charge on any atom is 0.217 e. The van der Waals surface area contributed by atoms with Gasteiger partial charge in [-0.3, -0.25) is 4.40 Å². The molecule has 5 heteroatoms. The topological polar surface area (TPSA) is 39.4 Å². The van der Waals surface area contributed by atoms with Gasteiger partial charge in [-0.15, -0.1) is 10.2 Å². The zero-order valence-electron chi connectivity index (χ0n) is 12.4. The second kappa shape index (κ2) is 5.10. The first-order chi connectivity index (χ1) is 10.8. The van der Waals surface area contributed by atoms with Crippen molar-refractivity contribution in [3.8, 4) is 17.1 Å². The van der Waals surface area contributed by atoms with Crippen LogP contribution in [-0.4, -0.2) is 21.2 Å². The predicted molar refractivity (Wildman–Crippen MR) is 89.7 cm³/mol. The van der Waals surface area contributed by atoms with Crippen LogP contribution in [0.2, 0.25) is 0 Å². The van der Waals surface area contributed by atoms with Gasteiger partial charge in [-0.05, 0) is 32.0 Å². The minimum absolute atomic E-state index is 0.671. The zero-order chi connectivity index (χ0) is 15.1. The van der Waals surface area contributed by atoms with Crippen LogP contribution in [0.25, 0.3) is 26.6 Å². The van der Waals surface area contributed by atoms with Crippen molar-refractivity contribution in [3.05, 3.63) is 48.0 Å². The number of ether oxygens (including phenoxy) is 1. The molecule has 4 aromatic rings. The molecule has 22 heavy (non-hydrogen) atoms. The molecule has 2 aromatic heterocycles. The summed E-state index contributed by atoms with van der Waals surface area (Å²) < 4.78 is 8.84. The molecule has 2 heterocycles. The van der Waals surface area contributed by atoms with Crippen LogP contribution in [0.1, 0.15) is 12.5 Å². The van der Waals surface area contributed by atoms with Gasteiger partial charge in [-0.1, -0.05) is 41.2 Å². The van der Waals surface area contributed by atoms with Gasteiger partial charge in [-0.2, -0.15) is 0 Å². The van der Waals surface area contributed by atoms with Crippen LogP contribution in [0.4, 0.5) is 0 Å². The number of hydrogen-bond acceptors (Lipinski definition) is 4. The third kappa shape index (κ3) is 2.05. The Kier molecular flexibility index (Phi) is 3.08. The fourth-order valence-electron chi connectivity index (χ4n) is 2.56. The Morgan fingerprint density at radius 3 is 2.68 bits per heavy atom. The van der Waals surface area contributed by atoms with Crippen LogP contribution in [0.3, 0.4) is 0 Å². The lowest BCUT2D eigenvalue weighted by molar-refractivity contribution is 0.341. The quantitative estimate of drug-likeness (QED) is 0.566. The van der Waals surface area contributed by atoms with E-state index in [1.54, 1.807) is 11.3 Å². The lowest BCUT2D eigenvalue weighted by atomic mass is 10.1. The molecule has 4 nitrogen and oxygen atoms in total. The first-order valence-electron chi connectivity index (χ1n) is 7.24. The molecule has 0 aliphatic carbocycles. The lowest BCUT2D eigenvalue weighted by Gasteiger charge is -2.03. The minimum Gasteiger partial charge on any atom is -0.494 e. The van der Waals surface area contributed by atoms with Gasteiger partial charge in [0.1, 0.15) is 5.75 Å². The summed E-state index contributed by atoms with van der Waals surface area (Å²) in [5.41, 5.74) is 3.43. The van der Waals surface area contributed by atoms with Crippen LogP contribution < -0.4 is 4.74 Å². The molecule has 0 radical (unpaired) electrons. The van der Waals surface area contributed by atoms with Crippen LogP contribution in [0, 0.1) is 6.92 Å². The minimum atomic E-state index is 0.671. The first-order valence-corrected chi connectivity index (χ1v) is 8.05. The molecule has 0 bridgehead atoms. The second-order valence-corrected chi connectivity index (χ2v) is 6.18. The normalized spacial score (nSPS) is 11.4. The van der Waals surface area contributed by atoms with Crippen molar-refractivity contribution in [2.24, 2.45) is 0 Å². The largest absolute Gasteiger partial charge is 0.494 e. The van der Waals surface area contributed by atoms with Crippen LogP contribution in [-0.2, 0) is 0 Å². The molecule has 4 rings (SSSR count). The van der Waals surface area contributed by atoms with E-state index in [1.165, 1.54) is 5.56 Å². The summed E-state index contributed by atoms with van der Waals surface area (Å²) in [7, 11) is 0. The number of hydrogen-bond donors (Lipinski definition) is 0. The molecule has 0 amide bonds. The molecule has 2 aromatic carbocycles.